The smallest absolute Gasteiger partial charge is 0.453 e. The van der Waals surface area contributed by atoms with E-state index in [9.17, 15) is 9.59 Å². The molecule has 0 unspecified atom stereocenters. The number of aliphatic carboxylic acids is 2. The Hall–Kier alpha value is -1.76. The van der Waals surface area contributed by atoms with Crippen molar-refractivity contribution >= 4 is 27.9 Å². The van der Waals surface area contributed by atoms with Crippen molar-refractivity contribution < 1.29 is 29.3 Å². The van der Waals surface area contributed by atoms with Crippen LogP contribution in [0.1, 0.15) is 0 Å². The topological polar surface area (TPSA) is 93.1 Å². The molecule has 0 amide bonds. The van der Waals surface area contributed by atoms with Crippen LogP contribution in [0, 0.1) is 0 Å². The summed E-state index contributed by atoms with van der Waals surface area (Å²) in [7, 11) is 0. The maximum absolute atomic E-state index is 10.9. The van der Waals surface area contributed by atoms with Crippen LogP contribution in [0.3, 0.4) is 0 Å². The van der Waals surface area contributed by atoms with Gasteiger partial charge < -0.3 is 19.7 Å². The molecule has 2 rings (SSSR count). The van der Waals surface area contributed by atoms with Crippen LogP contribution in [0.2, 0.25) is 0 Å². The number of carboxylic acid groups (broad SMARTS) is 2. The van der Waals surface area contributed by atoms with E-state index in [2.05, 4.69) is 15.9 Å². The second kappa shape index (κ2) is 3.38. The van der Waals surface area contributed by atoms with Gasteiger partial charge in [0.15, 0.2) is 11.5 Å². The van der Waals surface area contributed by atoms with Crippen molar-refractivity contribution in [1.29, 1.82) is 0 Å². The van der Waals surface area contributed by atoms with Crippen LogP contribution in [-0.4, -0.2) is 27.9 Å². The summed E-state index contributed by atoms with van der Waals surface area (Å²) >= 11 is 3.11. The maximum atomic E-state index is 10.9. The quantitative estimate of drug-likeness (QED) is 0.791. The molecule has 0 bridgehead atoms. The van der Waals surface area contributed by atoms with Crippen molar-refractivity contribution in [2.24, 2.45) is 0 Å². The Bertz CT molecular complexity index is 469. The molecular formula is C9H5BrO6. The van der Waals surface area contributed by atoms with Gasteiger partial charge in [-0.15, -0.1) is 0 Å². The summed E-state index contributed by atoms with van der Waals surface area (Å²) < 4.78 is 10.2. The van der Waals surface area contributed by atoms with Gasteiger partial charge in [-0.05, 0) is 28.1 Å². The van der Waals surface area contributed by atoms with E-state index in [1.165, 1.54) is 6.07 Å². The van der Waals surface area contributed by atoms with Crippen LogP contribution in [-0.2, 0) is 9.59 Å². The first-order valence-corrected chi connectivity index (χ1v) is 4.90. The first kappa shape index (κ1) is 10.7. The van der Waals surface area contributed by atoms with Gasteiger partial charge in [-0.1, -0.05) is 6.07 Å². The number of hydrogen-bond donors (Lipinski definition) is 2. The van der Waals surface area contributed by atoms with Crippen LogP contribution in [0.5, 0.6) is 11.5 Å². The lowest BCUT2D eigenvalue weighted by atomic mass is 10.3. The summed E-state index contributed by atoms with van der Waals surface area (Å²) in [4.78, 5) is 21.8. The van der Waals surface area contributed by atoms with Crippen molar-refractivity contribution in [3.05, 3.63) is 22.7 Å². The van der Waals surface area contributed by atoms with Gasteiger partial charge in [0.2, 0.25) is 0 Å². The number of para-hydroxylation sites is 1. The van der Waals surface area contributed by atoms with Gasteiger partial charge in [-0.3, -0.25) is 0 Å². The van der Waals surface area contributed by atoms with Gasteiger partial charge in [-0.25, -0.2) is 9.59 Å². The van der Waals surface area contributed by atoms with Gasteiger partial charge >= 0.3 is 17.7 Å². The summed E-state index contributed by atoms with van der Waals surface area (Å²) in [6.07, 6.45) is 0. The molecule has 0 saturated heterocycles. The third-order valence-corrected chi connectivity index (χ3v) is 2.62. The molecule has 2 N–H and O–H groups in total. The molecule has 0 atom stereocenters. The van der Waals surface area contributed by atoms with Crippen molar-refractivity contribution in [3.8, 4) is 11.5 Å². The van der Waals surface area contributed by atoms with Gasteiger partial charge in [0, 0.05) is 0 Å². The molecule has 7 heteroatoms. The van der Waals surface area contributed by atoms with E-state index in [0.717, 1.165) is 0 Å². The number of carboxylic acids is 2. The fourth-order valence-electron chi connectivity index (χ4n) is 1.25. The number of halogens is 1. The van der Waals surface area contributed by atoms with Gasteiger partial charge in [0.25, 0.3) is 0 Å². The highest BCUT2D eigenvalue weighted by molar-refractivity contribution is 9.10. The Kier molecular flexibility index (Phi) is 2.27. The van der Waals surface area contributed by atoms with Crippen LogP contribution < -0.4 is 9.47 Å². The van der Waals surface area contributed by atoms with Crippen molar-refractivity contribution in [1.82, 2.24) is 0 Å². The number of ether oxygens (including phenoxy) is 2. The normalized spacial score (nSPS) is 15.8. The van der Waals surface area contributed by atoms with E-state index in [1.807, 2.05) is 0 Å². The maximum Gasteiger partial charge on any atom is 0.453 e. The van der Waals surface area contributed by atoms with Crippen molar-refractivity contribution in [2.75, 3.05) is 0 Å². The highest BCUT2D eigenvalue weighted by Crippen LogP contribution is 2.44. The predicted octanol–water partition coefficient (Wildman–Crippen LogP) is 1.09. The van der Waals surface area contributed by atoms with Gasteiger partial charge in [-0.2, -0.15) is 0 Å². The average molecular weight is 289 g/mol. The third kappa shape index (κ3) is 1.32. The van der Waals surface area contributed by atoms with Crippen LogP contribution >= 0.6 is 15.9 Å². The van der Waals surface area contributed by atoms with Gasteiger partial charge in [0.05, 0.1) is 4.47 Å². The van der Waals surface area contributed by atoms with Crippen LogP contribution in [0.4, 0.5) is 0 Å². The molecule has 0 spiro atoms. The van der Waals surface area contributed by atoms with E-state index < -0.39 is 17.7 Å². The molecule has 0 saturated carbocycles. The molecule has 84 valence electrons. The zero-order chi connectivity index (χ0) is 11.9. The second-order valence-corrected chi connectivity index (χ2v) is 3.85. The molecule has 0 fully saturated rings. The minimum Gasteiger partial charge on any atom is -0.475 e. The monoisotopic (exact) mass is 288 g/mol. The fourth-order valence-corrected chi connectivity index (χ4v) is 1.68. The Morgan fingerprint density at radius 3 is 2.31 bits per heavy atom. The molecule has 6 nitrogen and oxygen atoms in total. The van der Waals surface area contributed by atoms with Gasteiger partial charge in [0.1, 0.15) is 0 Å². The van der Waals surface area contributed by atoms with Crippen molar-refractivity contribution in [3.63, 3.8) is 0 Å². The standard InChI is InChI=1S/C9H5BrO6/c10-4-2-1-3-5-6(4)16-9(15-5,7(11)12)8(13)14/h1-3H,(H,11,12)(H,13,14). The van der Waals surface area contributed by atoms with E-state index in [-0.39, 0.29) is 11.5 Å². The molecule has 1 aliphatic heterocycles. The number of rotatable bonds is 2. The Balaban J connectivity index is 2.51. The first-order chi connectivity index (χ1) is 7.47. The summed E-state index contributed by atoms with van der Waals surface area (Å²) in [5, 5.41) is 17.7. The molecule has 1 aromatic rings. The van der Waals surface area contributed by atoms with E-state index in [4.69, 9.17) is 19.7 Å². The first-order valence-electron chi connectivity index (χ1n) is 4.10. The summed E-state index contributed by atoms with van der Waals surface area (Å²) in [5.74, 6) is -6.01. The molecule has 1 heterocycles. The largest absolute Gasteiger partial charge is 0.475 e. The lowest BCUT2D eigenvalue weighted by molar-refractivity contribution is -0.194. The minimum atomic E-state index is -2.70. The van der Waals surface area contributed by atoms with E-state index in [1.54, 1.807) is 12.1 Å². The molecule has 0 radical (unpaired) electrons. The molecule has 1 aliphatic rings. The lowest BCUT2D eigenvalue weighted by Crippen LogP contribution is -2.54. The molecule has 0 aromatic heterocycles. The Morgan fingerprint density at radius 1 is 1.19 bits per heavy atom. The Labute approximate surface area is 97.5 Å². The average Bonchev–Trinajstić information content (AvgIpc) is 2.59. The minimum absolute atomic E-state index is 0.0623. The second-order valence-electron chi connectivity index (χ2n) is 3.00. The highest BCUT2D eigenvalue weighted by Gasteiger charge is 2.58. The molecule has 1 aromatic carbocycles. The SMILES string of the molecule is O=C(O)C1(C(=O)O)Oc2cccc(Br)c2O1. The predicted molar refractivity (Wildman–Crippen MR) is 53.4 cm³/mol. The summed E-state index contributed by atoms with van der Waals surface area (Å²) in [5.41, 5.74) is 0. The number of benzene rings is 1. The number of carbonyl (C=O) groups is 2. The zero-order valence-corrected chi connectivity index (χ0v) is 9.22. The van der Waals surface area contributed by atoms with E-state index >= 15 is 0 Å². The molecule has 0 aliphatic carbocycles. The number of fused-ring (bicyclic) bond motifs is 1. The zero-order valence-electron chi connectivity index (χ0n) is 7.64. The fraction of sp³-hybridized carbons (Fsp3) is 0.111. The van der Waals surface area contributed by atoms with E-state index in [0.29, 0.717) is 4.47 Å². The lowest BCUT2D eigenvalue weighted by Gasteiger charge is -2.17. The molecular weight excluding hydrogens is 284 g/mol. The van der Waals surface area contributed by atoms with Crippen LogP contribution in [0.25, 0.3) is 0 Å². The number of hydrogen-bond acceptors (Lipinski definition) is 4. The molecule has 16 heavy (non-hydrogen) atoms. The summed E-state index contributed by atoms with van der Waals surface area (Å²) in [6.45, 7) is 0. The summed E-state index contributed by atoms with van der Waals surface area (Å²) in [6, 6.07) is 4.59. The van der Waals surface area contributed by atoms with Crippen molar-refractivity contribution in [2.45, 2.75) is 5.79 Å². The third-order valence-electron chi connectivity index (χ3n) is 1.99. The van der Waals surface area contributed by atoms with Crippen LogP contribution in [0.15, 0.2) is 22.7 Å². The Morgan fingerprint density at radius 2 is 1.81 bits per heavy atom. The highest BCUT2D eigenvalue weighted by atomic mass is 79.9.